The Morgan fingerprint density at radius 3 is 2.68 bits per heavy atom. The molecule has 0 amide bonds. The second-order valence-electron chi connectivity index (χ2n) is 4.95. The van der Waals surface area contributed by atoms with Gasteiger partial charge in [-0.3, -0.25) is 0 Å². The Labute approximate surface area is 116 Å². The zero-order chi connectivity index (χ0) is 14.3. The fraction of sp³-hybridized carbons (Fsp3) is 0.714. The third kappa shape index (κ3) is 5.03. The molecule has 0 radical (unpaired) electrons. The summed E-state index contributed by atoms with van der Waals surface area (Å²) in [4.78, 5) is 11.1. The summed E-state index contributed by atoms with van der Waals surface area (Å²) in [6, 6.07) is 2.33. The van der Waals surface area contributed by atoms with Crippen molar-refractivity contribution in [1.29, 1.82) is 0 Å². The number of aryl methyl sites for hydroxylation is 1. The van der Waals surface area contributed by atoms with Crippen LogP contribution in [0.5, 0.6) is 0 Å². The lowest BCUT2D eigenvalue weighted by Gasteiger charge is -2.28. The summed E-state index contributed by atoms with van der Waals surface area (Å²) in [5.41, 5.74) is 0. The molecule has 0 aromatic carbocycles. The average Bonchev–Trinajstić information content (AvgIpc) is 2.36. The molecule has 0 aliphatic carbocycles. The smallest absolute Gasteiger partial charge is 0.134 e. The van der Waals surface area contributed by atoms with E-state index >= 15 is 0 Å². The van der Waals surface area contributed by atoms with Crippen molar-refractivity contribution in [2.45, 2.75) is 46.6 Å². The first-order valence-electron chi connectivity index (χ1n) is 7.05. The number of rotatable bonds is 8. The van der Waals surface area contributed by atoms with E-state index in [2.05, 4.69) is 41.0 Å². The van der Waals surface area contributed by atoms with Crippen LogP contribution in [-0.4, -0.2) is 40.8 Å². The van der Waals surface area contributed by atoms with Crippen LogP contribution in [0.4, 0.5) is 11.6 Å². The zero-order valence-corrected chi connectivity index (χ0v) is 12.5. The maximum atomic E-state index is 9.00. The second kappa shape index (κ2) is 7.94. The number of hydrogen-bond donors (Lipinski definition) is 2. The Bertz CT molecular complexity index is 382. The van der Waals surface area contributed by atoms with Crippen molar-refractivity contribution in [2.75, 3.05) is 29.9 Å². The van der Waals surface area contributed by atoms with E-state index in [1.807, 2.05) is 13.0 Å². The minimum atomic E-state index is 0.203. The van der Waals surface area contributed by atoms with Gasteiger partial charge in [0, 0.05) is 31.8 Å². The Kier molecular flexibility index (Phi) is 6.56. The summed E-state index contributed by atoms with van der Waals surface area (Å²) in [5.74, 6) is 2.57. The molecule has 0 aliphatic heterocycles. The van der Waals surface area contributed by atoms with Crippen molar-refractivity contribution in [2.24, 2.45) is 0 Å². The molecule has 0 aliphatic rings. The molecule has 1 heterocycles. The van der Waals surface area contributed by atoms with Crippen LogP contribution in [0.15, 0.2) is 6.07 Å². The van der Waals surface area contributed by atoms with Crippen LogP contribution in [0.2, 0.25) is 0 Å². The SMILES string of the molecule is CCCNc1cc(N(CCCO)C(C)C)nc(C)n1. The second-order valence-corrected chi connectivity index (χ2v) is 4.95. The maximum absolute atomic E-state index is 9.00. The molecule has 0 atom stereocenters. The lowest BCUT2D eigenvalue weighted by atomic mass is 10.2. The normalized spacial score (nSPS) is 10.8. The molecule has 5 nitrogen and oxygen atoms in total. The molecule has 0 bridgehead atoms. The first-order valence-corrected chi connectivity index (χ1v) is 7.05. The number of aliphatic hydroxyl groups is 1. The van der Waals surface area contributed by atoms with Gasteiger partial charge in [-0.2, -0.15) is 0 Å². The molecular weight excluding hydrogens is 240 g/mol. The molecule has 1 aromatic heterocycles. The molecule has 0 saturated carbocycles. The zero-order valence-electron chi connectivity index (χ0n) is 12.5. The van der Waals surface area contributed by atoms with Gasteiger partial charge >= 0.3 is 0 Å². The van der Waals surface area contributed by atoms with Crippen molar-refractivity contribution in [1.82, 2.24) is 9.97 Å². The maximum Gasteiger partial charge on any atom is 0.134 e. The molecule has 19 heavy (non-hydrogen) atoms. The van der Waals surface area contributed by atoms with E-state index < -0.39 is 0 Å². The largest absolute Gasteiger partial charge is 0.396 e. The van der Waals surface area contributed by atoms with E-state index in [9.17, 15) is 0 Å². The summed E-state index contributed by atoms with van der Waals surface area (Å²) in [7, 11) is 0. The van der Waals surface area contributed by atoms with Crippen LogP contribution >= 0.6 is 0 Å². The molecule has 2 N–H and O–H groups in total. The third-order valence-corrected chi connectivity index (χ3v) is 2.86. The molecule has 108 valence electrons. The van der Waals surface area contributed by atoms with Crippen LogP contribution in [0, 0.1) is 6.92 Å². The summed E-state index contributed by atoms with van der Waals surface area (Å²) in [6.45, 7) is 10.2. The monoisotopic (exact) mass is 266 g/mol. The van der Waals surface area contributed by atoms with Gasteiger partial charge in [0.05, 0.1) is 0 Å². The van der Waals surface area contributed by atoms with E-state index in [1.165, 1.54) is 0 Å². The topological polar surface area (TPSA) is 61.3 Å². The van der Waals surface area contributed by atoms with Gasteiger partial charge in [0.2, 0.25) is 0 Å². The Morgan fingerprint density at radius 2 is 2.11 bits per heavy atom. The molecule has 0 spiro atoms. The van der Waals surface area contributed by atoms with Crippen LogP contribution in [-0.2, 0) is 0 Å². The first kappa shape index (κ1) is 15.7. The molecule has 5 heteroatoms. The fourth-order valence-corrected chi connectivity index (χ4v) is 1.92. The molecule has 0 unspecified atom stereocenters. The van der Waals surface area contributed by atoms with E-state index in [4.69, 9.17) is 5.11 Å². The summed E-state index contributed by atoms with van der Waals surface area (Å²) in [6.07, 6.45) is 1.82. The number of nitrogens with one attached hydrogen (secondary N) is 1. The van der Waals surface area contributed by atoms with Crippen LogP contribution in [0.1, 0.15) is 39.4 Å². The van der Waals surface area contributed by atoms with Gasteiger partial charge < -0.3 is 15.3 Å². The van der Waals surface area contributed by atoms with E-state index in [0.717, 1.165) is 43.4 Å². The Hall–Kier alpha value is -1.36. The van der Waals surface area contributed by atoms with E-state index in [1.54, 1.807) is 0 Å². The Morgan fingerprint density at radius 1 is 1.37 bits per heavy atom. The number of aromatic nitrogens is 2. The number of nitrogens with zero attached hydrogens (tertiary/aromatic N) is 3. The molecule has 0 saturated heterocycles. The minimum Gasteiger partial charge on any atom is -0.396 e. The van der Waals surface area contributed by atoms with E-state index in [-0.39, 0.29) is 6.61 Å². The highest BCUT2D eigenvalue weighted by Crippen LogP contribution is 2.18. The van der Waals surface area contributed by atoms with Gasteiger partial charge in [-0.05, 0) is 33.6 Å². The Balaban J connectivity index is 2.91. The average molecular weight is 266 g/mol. The van der Waals surface area contributed by atoms with E-state index in [0.29, 0.717) is 6.04 Å². The lowest BCUT2D eigenvalue weighted by molar-refractivity contribution is 0.288. The highest BCUT2D eigenvalue weighted by Gasteiger charge is 2.13. The van der Waals surface area contributed by atoms with Gasteiger partial charge in [-0.15, -0.1) is 0 Å². The van der Waals surface area contributed by atoms with Gasteiger partial charge in [0.1, 0.15) is 17.5 Å². The van der Waals surface area contributed by atoms with Crippen molar-refractivity contribution >= 4 is 11.6 Å². The van der Waals surface area contributed by atoms with Gasteiger partial charge in [0.15, 0.2) is 0 Å². The highest BCUT2D eigenvalue weighted by molar-refractivity contribution is 5.49. The summed E-state index contributed by atoms with van der Waals surface area (Å²) in [5, 5.41) is 12.3. The van der Waals surface area contributed by atoms with Crippen LogP contribution < -0.4 is 10.2 Å². The molecule has 0 fully saturated rings. The predicted molar refractivity (Wildman–Crippen MR) is 79.7 cm³/mol. The number of anilines is 2. The number of aliphatic hydroxyl groups excluding tert-OH is 1. The third-order valence-electron chi connectivity index (χ3n) is 2.86. The standard InChI is InChI=1S/C14H26N4O/c1-5-7-15-13-10-14(17-12(4)16-13)18(11(2)3)8-6-9-19/h10-11,19H,5-9H2,1-4H3,(H,15,16,17). The number of hydrogen-bond acceptors (Lipinski definition) is 5. The minimum absolute atomic E-state index is 0.203. The van der Waals surface area contributed by atoms with Gasteiger partial charge in [0.25, 0.3) is 0 Å². The van der Waals surface area contributed by atoms with Crippen LogP contribution in [0.3, 0.4) is 0 Å². The van der Waals surface area contributed by atoms with Gasteiger partial charge in [-0.25, -0.2) is 9.97 Å². The molecular formula is C14H26N4O. The summed E-state index contributed by atoms with van der Waals surface area (Å²) < 4.78 is 0. The first-order chi connectivity index (χ1) is 9.08. The molecule has 1 rings (SSSR count). The quantitative estimate of drug-likeness (QED) is 0.755. The van der Waals surface area contributed by atoms with Gasteiger partial charge in [-0.1, -0.05) is 6.92 Å². The van der Waals surface area contributed by atoms with Crippen LogP contribution in [0.25, 0.3) is 0 Å². The van der Waals surface area contributed by atoms with Crippen molar-refractivity contribution in [3.63, 3.8) is 0 Å². The predicted octanol–water partition coefficient (Wildman–Crippen LogP) is 2.20. The molecule has 1 aromatic rings. The van der Waals surface area contributed by atoms with Crippen molar-refractivity contribution in [3.8, 4) is 0 Å². The lowest BCUT2D eigenvalue weighted by Crippen LogP contribution is -2.33. The highest BCUT2D eigenvalue weighted by atomic mass is 16.3. The van der Waals surface area contributed by atoms with Crippen molar-refractivity contribution < 1.29 is 5.11 Å². The fourth-order valence-electron chi connectivity index (χ4n) is 1.92. The van der Waals surface area contributed by atoms with Crippen molar-refractivity contribution in [3.05, 3.63) is 11.9 Å². The summed E-state index contributed by atoms with van der Waals surface area (Å²) >= 11 is 0.